The summed E-state index contributed by atoms with van der Waals surface area (Å²) in [4.78, 5) is 13.4. The van der Waals surface area contributed by atoms with Gasteiger partial charge in [-0.3, -0.25) is 4.79 Å². The molecule has 2 N–H and O–H groups in total. The summed E-state index contributed by atoms with van der Waals surface area (Å²) in [7, 11) is 0. The average Bonchev–Trinajstić information content (AvgIpc) is 2.39. The quantitative estimate of drug-likeness (QED) is 0.788. The standard InChI is InChI=1S/C14H20FN3O/c1-2-5-16-9-11-8-12(15)3-4-13(11)18-7-6-17-14(19)10-18/h3-4,8,16H,2,5-7,9-10H2,1H3,(H,17,19). The summed E-state index contributed by atoms with van der Waals surface area (Å²) in [6.45, 7) is 5.35. The molecule has 1 aromatic carbocycles. The van der Waals surface area contributed by atoms with Crippen LogP contribution < -0.4 is 15.5 Å². The number of amides is 1. The molecule has 0 unspecified atom stereocenters. The number of hydrogen-bond donors (Lipinski definition) is 2. The second-order valence-electron chi connectivity index (χ2n) is 4.72. The molecular formula is C14H20FN3O. The molecular weight excluding hydrogens is 245 g/mol. The Labute approximate surface area is 113 Å². The van der Waals surface area contributed by atoms with Crippen LogP contribution in [-0.2, 0) is 11.3 Å². The molecule has 1 heterocycles. The minimum atomic E-state index is -0.237. The number of nitrogens with zero attached hydrogens (tertiary/aromatic N) is 1. The molecule has 0 radical (unpaired) electrons. The van der Waals surface area contributed by atoms with Gasteiger partial charge < -0.3 is 15.5 Å². The van der Waals surface area contributed by atoms with Crippen molar-refractivity contribution in [1.82, 2.24) is 10.6 Å². The highest BCUT2D eigenvalue weighted by atomic mass is 19.1. The summed E-state index contributed by atoms with van der Waals surface area (Å²) in [6, 6.07) is 4.76. The van der Waals surface area contributed by atoms with Gasteiger partial charge >= 0.3 is 0 Å². The monoisotopic (exact) mass is 265 g/mol. The smallest absolute Gasteiger partial charge is 0.239 e. The molecule has 0 atom stereocenters. The van der Waals surface area contributed by atoms with E-state index in [1.54, 1.807) is 12.1 Å². The molecule has 0 bridgehead atoms. The van der Waals surface area contributed by atoms with Crippen LogP contribution in [0.5, 0.6) is 0 Å². The summed E-state index contributed by atoms with van der Waals surface area (Å²) < 4.78 is 13.4. The van der Waals surface area contributed by atoms with Gasteiger partial charge in [0.25, 0.3) is 0 Å². The number of hydrogen-bond acceptors (Lipinski definition) is 3. The number of anilines is 1. The first-order chi connectivity index (χ1) is 9.20. The summed E-state index contributed by atoms with van der Waals surface area (Å²) >= 11 is 0. The lowest BCUT2D eigenvalue weighted by Gasteiger charge is -2.30. The minimum Gasteiger partial charge on any atom is -0.360 e. The molecule has 104 valence electrons. The third-order valence-electron chi connectivity index (χ3n) is 3.16. The zero-order valence-electron chi connectivity index (χ0n) is 11.2. The lowest BCUT2D eigenvalue weighted by molar-refractivity contribution is -0.120. The van der Waals surface area contributed by atoms with Crippen LogP contribution in [0.25, 0.3) is 0 Å². The molecule has 0 aromatic heterocycles. The van der Waals surface area contributed by atoms with Crippen LogP contribution in [0.4, 0.5) is 10.1 Å². The van der Waals surface area contributed by atoms with Crippen LogP contribution >= 0.6 is 0 Å². The Morgan fingerprint density at radius 1 is 1.47 bits per heavy atom. The molecule has 1 amide bonds. The van der Waals surface area contributed by atoms with Crippen LogP contribution in [-0.4, -0.2) is 32.1 Å². The molecule has 2 rings (SSSR count). The van der Waals surface area contributed by atoms with Crippen LogP contribution in [0.1, 0.15) is 18.9 Å². The van der Waals surface area contributed by atoms with Crippen molar-refractivity contribution in [3.63, 3.8) is 0 Å². The first-order valence-electron chi connectivity index (χ1n) is 6.71. The number of carbonyl (C=O) groups is 1. The molecule has 1 aliphatic rings. The van der Waals surface area contributed by atoms with Gasteiger partial charge in [-0.1, -0.05) is 6.92 Å². The summed E-state index contributed by atoms with van der Waals surface area (Å²) in [5.41, 5.74) is 1.85. The minimum absolute atomic E-state index is 0.0167. The summed E-state index contributed by atoms with van der Waals surface area (Å²) in [5.74, 6) is -0.221. The predicted octanol–water partition coefficient (Wildman–Crippen LogP) is 1.26. The molecule has 4 nitrogen and oxygen atoms in total. The summed E-state index contributed by atoms with van der Waals surface area (Å²) in [5, 5.41) is 6.07. The fourth-order valence-electron chi connectivity index (χ4n) is 2.25. The van der Waals surface area contributed by atoms with E-state index in [-0.39, 0.29) is 11.7 Å². The van der Waals surface area contributed by atoms with Gasteiger partial charge in [0.2, 0.25) is 5.91 Å². The van der Waals surface area contributed by atoms with Gasteiger partial charge in [0.05, 0.1) is 6.54 Å². The van der Waals surface area contributed by atoms with E-state index >= 15 is 0 Å². The van der Waals surface area contributed by atoms with Gasteiger partial charge in [-0.05, 0) is 36.7 Å². The van der Waals surface area contributed by atoms with Crippen molar-refractivity contribution in [3.05, 3.63) is 29.6 Å². The first-order valence-corrected chi connectivity index (χ1v) is 6.71. The molecule has 0 aliphatic carbocycles. The Hall–Kier alpha value is -1.62. The van der Waals surface area contributed by atoms with E-state index in [9.17, 15) is 9.18 Å². The van der Waals surface area contributed by atoms with Crippen molar-refractivity contribution >= 4 is 11.6 Å². The number of rotatable bonds is 5. The molecule has 1 fully saturated rings. The Morgan fingerprint density at radius 2 is 2.32 bits per heavy atom. The predicted molar refractivity (Wildman–Crippen MR) is 73.6 cm³/mol. The van der Waals surface area contributed by atoms with E-state index in [1.165, 1.54) is 6.07 Å². The maximum absolute atomic E-state index is 13.4. The Kier molecular flexibility index (Phi) is 4.74. The van der Waals surface area contributed by atoms with Crippen molar-refractivity contribution in [3.8, 4) is 0 Å². The van der Waals surface area contributed by atoms with Crippen molar-refractivity contribution in [1.29, 1.82) is 0 Å². The Balaban J connectivity index is 2.15. The van der Waals surface area contributed by atoms with E-state index in [0.29, 0.717) is 19.6 Å². The van der Waals surface area contributed by atoms with Crippen molar-refractivity contribution in [2.24, 2.45) is 0 Å². The maximum atomic E-state index is 13.4. The SMILES string of the molecule is CCCNCc1cc(F)ccc1N1CCNC(=O)C1. The highest BCUT2D eigenvalue weighted by molar-refractivity contribution is 5.83. The van der Waals surface area contributed by atoms with Crippen LogP contribution in [0.2, 0.25) is 0 Å². The molecule has 5 heteroatoms. The molecule has 1 saturated heterocycles. The zero-order valence-corrected chi connectivity index (χ0v) is 11.2. The van der Waals surface area contributed by atoms with E-state index in [2.05, 4.69) is 17.6 Å². The van der Waals surface area contributed by atoms with Crippen LogP contribution in [0.15, 0.2) is 18.2 Å². The highest BCUT2D eigenvalue weighted by Crippen LogP contribution is 2.22. The van der Waals surface area contributed by atoms with Gasteiger partial charge in [0.1, 0.15) is 5.82 Å². The fourth-order valence-corrected chi connectivity index (χ4v) is 2.25. The van der Waals surface area contributed by atoms with Gasteiger partial charge in [0, 0.05) is 25.3 Å². The normalized spacial score (nSPS) is 15.5. The second kappa shape index (κ2) is 6.52. The topological polar surface area (TPSA) is 44.4 Å². The number of carbonyl (C=O) groups excluding carboxylic acids is 1. The Bertz CT molecular complexity index is 450. The van der Waals surface area contributed by atoms with E-state index in [4.69, 9.17) is 0 Å². The van der Waals surface area contributed by atoms with Gasteiger partial charge in [-0.15, -0.1) is 0 Å². The summed E-state index contributed by atoms with van der Waals surface area (Å²) in [6.07, 6.45) is 1.04. The average molecular weight is 265 g/mol. The molecule has 19 heavy (non-hydrogen) atoms. The third kappa shape index (κ3) is 3.67. The highest BCUT2D eigenvalue weighted by Gasteiger charge is 2.19. The van der Waals surface area contributed by atoms with E-state index in [0.717, 1.165) is 30.8 Å². The molecule has 0 saturated carbocycles. The maximum Gasteiger partial charge on any atom is 0.239 e. The van der Waals surface area contributed by atoms with Crippen molar-refractivity contribution < 1.29 is 9.18 Å². The number of piperazine rings is 1. The van der Waals surface area contributed by atoms with E-state index in [1.807, 2.05) is 4.90 Å². The number of benzene rings is 1. The third-order valence-corrected chi connectivity index (χ3v) is 3.16. The number of halogens is 1. The van der Waals surface area contributed by atoms with Crippen LogP contribution in [0.3, 0.4) is 0 Å². The first kappa shape index (κ1) is 13.8. The molecule has 1 aromatic rings. The largest absolute Gasteiger partial charge is 0.360 e. The number of nitrogens with one attached hydrogen (secondary N) is 2. The van der Waals surface area contributed by atoms with Gasteiger partial charge in [0.15, 0.2) is 0 Å². The zero-order chi connectivity index (χ0) is 13.7. The van der Waals surface area contributed by atoms with E-state index < -0.39 is 0 Å². The lowest BCUT2D eigenvalue weighted by atomic mass is 10.1. The van der Waals surface area contributed by atoms with Crippen LogP contribution in [0, 0.1) is 5.82 Å². The van der Waals surface area contributed by atoms with Gasteiger partial charge in [-0.2, -0.15) is 0 Å². The van der Waals surface area contributed by atoms with Crippen molar-refractivity contribution in [2.75, 3.05) is 31.1 Å². The second-order valence-corrected chi connectivity index (χ2v) is 4.72. The lowest BCUT2D eigenvalue weighted by Crippen LogP contribution is -2.48. The molecule has 0 spiro atoms. The van der Waals surface area contributed by atoms with Gasteiger partial charge in [-0.25, -0.2) is 4.39 Å². The van der Waals surface area contributed by atoms with Crippen molar-refractivity contribution in [2.45, 2.75) is 19.9 Å². The Morgan fingerprint density at radius 3 is 3.05 bits per heavy atom. The fraction of sp³-hybridized carbons (Fsp3) is 0.500. The molecule has 1 aliphatic heterocycles.